The van der Waals surface area contributed by atoms with Crippen LogP contribution in [0.1, 0.15) is 89.3 Å². The maximum Gasteiger partial charge on any atom is 0.254 e. The van der Waals surface area contributed by atoms with E-state index in [1.165, 1.54) is 30.4 Å². The molecule has 6 nitrogen and oxygen atoms in total. The first-order chi connectivity index (χ1) is 17.0. The van der Waals surface area contributed by atoms with Gasteiger partial charge in [0, 0.05) is 37.7 Å². The number of benzene rings is 2. The molecule has 35 heavy (non-hydrogen) atoms. The zero-order valence-corrected chi connectivity index (χ0v) is 20.9. The minimum absolute atomic E-state index is 0.111. The van der Waals surface area contributed by atoms with Crippen molar-refractivity contribution in [3.63, 3.8) is 0 Å². The van der Waals surface area contributed by atoms with Crippen LogP contribution in [-0.4, -0.2) is 38.7 Å². The molecule has 0 radical (unpaired) electrons. The average molecular weight is 468 g/mol. The van der Waals surface area contributed by atoms with Gasteiger partial charge in [-0.2, -0.15) is 5.26 Å². The molecule has 2 aromatic carbocycles. The second-order valence-electron chi connectivity index (χ2n) is 10.0. The van der Waals surface area contributed by atoms with Crippen LogP contribution in [0.2, 0.25) is 0 Å². The van der Waals surface area contributed by atoms with Gasteiger partial charge >= 0.3 is 0 Å². The van der Waals surface area contributed by atoms with E-state index < -0.39 is 0 Å². The Bertz CT molecular complexity index is 1270. The molecule has 2 fully saturated rings. The molecule has 1 aliphatic heterocycles. The number of aromatic nitrogens is 3. The smallest absolute Gasteiger partial charge is 0.254 e. The molecule has 1 saturated heterocycles. The Kier molecular flexibility index (Phi) is 6.42. The summed E-state index contributed by atoms with van der Waals surface area (Å²) in [6.45, 7) is 5.64. The molecule has 2 aliphatic rings. The molecule has 3 aromatic rings. The van der Waals surface area contributed by atoms with Crippen molar-refractivity contribution in [3.8, 4) is 17.5 Å². The second-order valence-corrected chi connectivity index (χ2v) is 10.0. The van der Waals surface area contributed by atoms with Crippen LogP contribution >= 0.6 is 0 Å². The fourth-order valence-electron chi connectivity index (χ4n) is 5.53. The highest BCUT2D eigenvalue weighted by molar-refractivity contribution is 5.97. The van der Waals surface area contributed by atoms with Crippen molar-refractivity contribution >= 4 is 5.91 Å². The van der Waals surface area contributed by atoms with Gasteiger partial charge in [-0.1, -0.05) is 31.5 Å². The average Bonchev–Trinajstić information content (AvgIpc) is 3.23. The molecule has 0 atom stereocenters. The topological polar surface area (TPSA) is 74.8 Å². The van der Waals surface area contributed by atoms with Crippen molar-refractivity contribution in [2.75, 3.05) is 13.1 Å². The van der Waals surface area contributed by atoms with Gasteiger partial charge in [-0.05, 0) is 79.3 Å². The molecule has 0 unspecified atom stereocenters. The molecule has 1 amide bonds. The van der Waals surface area contributed by atoms with Gasteiger partial charge in [0.25, 0.3) is 5.91 Å². The molecule has 0 spiro atoms. The van der Waals surface area contributed by atoms with Crippen LogP contribution in [0.15, 0.2) is 36.4 Å². The van der Waals surface area contributed by atoms with Crippen molar-refractivity contribution in [3.05, 3.63) is 70.0 Å². The number of likely N-dealkylation sites (tertiary alicyclic amines) is 1. The van der Waals surface area contributed by atoms with Crippen molar-refractivity contribution in [1.29, 1.82) is 5.26 Å². The van der Waals surface area contributed by atoms with Gasteiger partial charge < -0.3 is 9.47 Å². The van der Waals surface area contributed by atoms with E-state index in [-0.39, 0.29) is 5.91 Å². The van der Waals surface area contributed by atoms with Crippen LogP contribution in [0.5, 0.6) is 0 Å². The van der Waals surface area contributed by atoms with E-state index in [9.17, 15) is 4.79 Å². The van der Waals surface area contributed by atoms with E-state index in [4.69, 9.17) is 5.26 Å². The largest absolute Gasteiger partial charge is 0.339 e. The summed E-state index contributed by atoms with van der Waals surface area (Å²) in [5.41, 5.74) is 6.14. The Morgan fingerprint density at radius 3 is 2.34 bits per heavy atom. The zero-order valence-electron chi connectivity index (χ0n) is 20.9. The normalized spacial score (nSPS) is 16.7. The van der Waals surface area contributed by atoms with Crippen LogP contribution in [0.4, 0.5) is 0 Å². The SMILES string of the molecule is CCc1nnc(-c2cc(C(=O)N3CCC(c4ccc(C#N)cc4)CC3)c(C)cc2C2CCC2)n1C. The Labute approximate surface area is 207 Å². The van der Waals surface area contributed by atoms with Crippen molar-refractivity contribution < 1.29 is 4.79 Å². The van der Waals surface area contributed by atoms with Crippen molar-refractivity contribution in [1.82, 2.24) is 19.7 Å². The van der Waals surface area contributed by atoms with Gasteiger partial charge in [0.15, 0.2) is 5.82 Å². The Morgan fingerprint density at radius 2 is 1.77 bits per heavy atom. The maximum absolute atomic E-state index is 13.7. The van der Waals surface area contributed by atoms with Crippen LogP contribution in [0.25, 0.3) is 11.4 Å². The summed E-state index contributed by atoms with van der Waals surface area (Å²) in [7, 11) is 2.02. The number of rotatable bonds is 5. The van der Waals surface area contributed by atoms with Crippen LogP contribution in [-0.2, 0) is 13.5 Å². The lowest BCUT2D eigenvalue weighted by Crippen LogP contribution is -2.38. The monoisotopic (exact) mass is 467 g/mol. The Balaban J connectivity index is 1.40. The minimum atomic E-state index is 0.111. The minimum Gasteiger partial charge on any atom is -0.339 e. The summed E-state index contributed by atoms with van der Waals surface area (Å²) < 4.78 is 2.07. The lowest BCUT2D eigenvalue weighted by Gasteiger charge is -2.33. The van der Waals surface area contributed by atoms with Gasteiger partial charge in [0.05, 0.1) is 11.6 Å². The van der Waals surface area contributed by atoms with Gasteiger partial charge in [-0.25, -0.2) is 0 Å². The number of hydrogen-bond acceptors (Lipinski definition) is 4. The third kappa shape index (κ3) is 4.36. The van der Waals surface area contributed by atoms with Crippen LogP contribution in [0.3, 0.4) is 0 Å². The highest BCUT2D eigenvalue weighted by atomic mass is 16.2. The molecule has 1 saturated carbocycles. The number of piperidine rings is 1. The van der Waals surface area contributed by atoms with Gasteiger partial charge in [0.2, 0.25) is 0 Å². The van der Waals surface area contributed by atoms with Crippen LogP contribution < -0.4 is 0 Å². The first-order valence-electron chi connectivity index (χ1n) is 12.8. The maximum atomic E-state index is 13.7. The lowest BCUT2D eigenvalue weighted by molar-refractivity contribution is 0.0712. The van der Waals surface area contributed by atoms with Gasteiger partial charge in [-0.3, -0.25) is 4.79 Å². The first-order valence-corrected chi connectivity index (χ1v) is 12.8. The molecule has 6 heteroatoms. The molecular formula is C29H33N5O. The van der Waals surface area contributed by atoms with E-state index in [2.05, 4.69) is 58.9 Å². The fourth-order valence-corrected chi connectivity index (χ4v) is 5.53. The molecule has 0 N–H and O–H groups in total. The third-order valence-electron chi connectivity index (χ3n) is 7.99. The van der Waals surface area contributed by atoms with Crippen molar-refractivity contribution in [2.45, 2.75) is 64.2 Å². The standard InChI is InChI=1S/C29H33N5O/c1-4-27-31-32-28(33(27)3)26-17-24(19(2)16-25(26)23-6-5-7-23)29(35)34-14-12-22(13-15-34)21-10-8-20(18-30)9-11-21/h8-11,16-17,22-23H,4-7,12-15H2,1-3H3. The Hall–Kier alpha value is -3.46. The van der Waals surface area contributed by atoms with E-state index in [0.717, 1.165) is 60.7 Å². The predicted octanol–water partition coefficient (Wildman–Crippen LogP) is 5.51. The quantitative estimate of drug-likeness (QED) is 0.496. The molecule has 5 rings (SSSR count). The molecule has 1 aliphatic carbocycles. The fraction of sp³-hybridized carbons (Fsp3) is 0.448. The van der Waals surface area contributed by atoms with Gasteiger partial charge in [0.1, 0.15) is 5.82 Å². The van der Waals surface area contributed by atoms with E-state index in [1.807, 2.05) is 24.1 Å². The molecular weight excluding hydrogens is 434 g/mol. The molecule has 180 valence electrons. The first kappa shape index (κ1) is 23.3. The van der Waals surface area contributed by atoms with E-state index in [0.29, 0.717) is 17.4 Å². The number of nitriles is 1. The number of nitrogens with zero attached hydrogens (tertiary/aromatic N) is 5. The second kappa shape index (κ2) is 9.65. The lowest BCUT2D eigenvalue weighted by atomic mass is 9.77. The predicted molar refractivity (Wildman–Crippen MR) is 136 cm³/mol. The van der Waals surface area contributed by atoms with E-state index >= 15 is 0 Å². The van der Waals surface area contributed by atoms with Gasteiger partial charge in [-0.15, -0.1) is 10.2 Å². The summed E-state index contributed by atoms with van der Waals surface area (Å²) in [5, 5.41) is 18.0. The highest BCUT2D eigenvalue weighted by Gasteiger charge is 2.29. The number of carbonyl (C=O) groups excluding carboxylic acids is 1. The summed E-state index contributed by atoms with van der Waals surface area (Å²) in [5.74, 6) is 2.89. The number of aryl methyl sites for hydroxylation is 2. The van der Waals surface area contributed by atoms with Crippen LogP contribution in [0, 0.1) is 18.3 Å². The van der Waals surface area contributed by atoms with Crippen molar-refractivity contribution in [2.24, 2.45) is 7.05 Å². The number of carbonyl (C=O) groups is 1. The Morgan fingerprint density at radius 1 is 1.06 bits per heavy atom. The summed E-state index contributed by atoms with van der Waals surface area (Å²) in [6, 6.07) is 14.4. The molecule has 1 aromatic heterocycles. The number of hydrogen-bond donors (Lipinski definition) is 0. The highest BCUT2D eigenvalue weighted by Crippen LogP contribution is 2.42. The number of amides is 1. The summed E-state index contributed by atoms with van der Waals surface area (Å²) in [4.78, 5) is 15.7. The summed E-state index contributed by atoms with van der Waals surface area (Å²) in [6.07, 6.45) is 6.35. The summed E-state index contributed by atoms with van der Waals surface area (Å²) >= 11 is 0. The molecule has 2 heterocycles. The molecule has 0 bridgehead atoms. The zero-order chi connectivity index (χ0) is 24.5. The van der Waals surface area contributed by atoms with E-state index in [1.54, 1.807) is 0 Å². The third-order valence-corrected chi connectivity index (χ3v) is 7.99.